The van der Waals surface area contributed by atoms with Crippen molar-refractivity contribution in [1.82, 2.24) is 4.98 Å². The van der Waals surface area contributed by atoms with Crippen molar-refractivity contribution >= 4 is 63.0 Å². The van der Waals surface area contributed by atoms with Crippen LogP contribution in [-0.4, -0.2) is 33.1 Å². The normalized spacial score (nSPS) is 11.6. The molecule has 2 aromatic heterocycles. The van der Waals surface area contributed by atoms with Crippen LogP contribution in [0.15, 0.2) is 52.1 Å². The van der Waals surface area contributed by atoms with Crippen molar-refractivity contribution in [3.63, 3.8) is 0 Å². The summed E-state index contributed by atoms with van der Waals surface area (Å²) in [5.74, 6) is -1.51. The van der Waals surface area contributed by atoms with Gasteiger partial charge in [0, 0.05) is 22.4 Å². The van der Waals surface area contributed by atoms with Crippen LogP contribution in [0.1, 0.15) is 26.2 Å². The average Bonchev–Trinajstić information content (AvgIpc) is 3.42. The van der Waals surface area contributed by atoms with Crippen LogP contribution >= 0.6 is 34.4 Å². The first-order chi connectivity index (χ1) is 14.9. The molecule has 0 fully saturated rings. The number of hydrogen-bond acceptors (Lipinski definition) is 7. The summed E-state index contributed by atoms with van der Waals surface area (Å²) in [6, 6.07) is 11.1. The number of aromatic nitrogens is 1. The van der Waals surface area contributed by atoms with Crippen LogP contribution in [0.25, 0.3) is 10.6 Å². The lowest BCUT2D eigenvalue weighted by Crippen LogP contribution is -2.24. The third-order valence-corrected chi connectivity index (χ3v) is 7.14. The number of carbonyl (C=O) groups is 3. The van der Waals surface area contributed by atoms with Crippen molar-refractivity contribution in [2.45, 2.75) is 36.3 Å². The molecule has 3 aromatic rings. The molecular formula is C21H21N3O4S3. The minimum Gasteiger partial charge on any atom is -0.481 e. The summed E-state index contributed by atoms with van der Waals surface area (Å²) in [5, 5.41) is 18.4. The van der Waals surface area contributed by atoms with Gasteiger partial charge < -0.3 is 15.7 Å². The van der Waals surface area contributed by atoms with Crippen molar-refractivity contribution in [2.75, 3.05) is 10.6 Å². The van der Waals surface area contributed by atoms with E-state index >= 15 is 0 Å². The second-order valence-electron chi connectivity index (χ2n) is 6.49. The number of hydrogen-bond donors (Lipinski definition) is 3. The highest BCUT2D eigenvalue weighted by Gasteiger charge is 2.20. The van der Waals surface area contributed by atoms with Crippen molar-refractivity contribution in [3.05, 3.63) is 47.2 Å². The summed E-state index contributed by atoms with van der Waals surface area (Å²) >= 11 is 4.39. The number of nitrogens with zero attached hydrogens (tertiary/aromatic N) is 1. The molecule has 3 rings (SSSR count). The lowest BCUT2D eigenvalue weighted by atomic mass is 10.2. The van der Waals surface area contributed by atoms with Crippen molar-refractivity contribution in [3.8, 4) is 10.6 Å². The summed E-state index contributed by atoms with van der Waals surface area (Å²) in [5.41, 5.74) is 1.42. The maximum atomic E-state index is 12.8. The zero-order valence-corrected chi connectivity index (χ0v) is 19.1. The second kappa shape index (κ2) is 11.1. The number of rotatable bonds is 10. The number of carboxylic acid groups (broad SMARTS) is 1. The predicted octanol–water partition coefficient (Wildman–Crippen LogP) is 5.18. The zero-order valence-electron chi connectivity index (χ0n) is 16.7. The number of amides is 2. The Labute approximate surface area is 191 Å². The Kier molecular flexibility index (Phi) is 8.21. The molecule has 0 saturated carbocycles. The largest absolute Gasteiger partial charge is 0.481 e. The molecule has 7 nitrogen and oxygen atoms in total. The van der Waals surface area contributed by atoms with Gasteiger partial charge in [-0.2, -0.15) is 0 Å². The van der Waals surface area contributed by atoms with Gasteiger partial charge >= 0.3 is 5.97 Å². The first-order valence-corrected chi connectivity index (χ1v) is 12.2. The van der Waals surface area contributed by atoms with Gasteiger partial charge in [0.1, 0.15) is 0 Å². The Morgan fingerprint density at radius 3 is 2.68 bits per heavy atom. The van der Waals surface area contributed by atoms with Crippen molar-refractivity contribution in [2.24, 2.45) is 0 Å². The Bertz CT molecular complexity index is 1050. The highest BCUT2D eigenvalue weighted by molar-refractivity contribution is 8.00. The van der Waals surface area contributed by atoms with Crippen LogP contribution in [-0.2, 0) is 14.4 Å². The van der Waals surface area contributed by atoms with Gasteiger partial charge in [-0.3, -0.25) is 14.4 Å². The molecular weight excluding hydrogens is 454 g/mol. The summed E-state index contributed by atoms with van der Waals surface area (Å²) in [6.45, 7) is 1.94. The topological polar surface area (TPSA) is 108 Å². The maximum Gasteiger partial charge on any atom is 0.303 e. The Morgan fingerprint density at radius 1 is 1.13 bits per heavy atom. The second-order valence-corrected chi connectivity index (χ2v) is 9.57. The van der Waals surface area contributed by atoms with Crippen LogP contribution in [0.4, 0.5) is 10.8 Å². The number of thiophene rings is 1. The molecule has 1 atom stereocenters. The summed E-state index contributed by atoms with van der Waals surface area (Å²) in [4.78, 5) is 41.6. The number of thioether (sulfide) groups is 1. The Hall–Kier alpha value is -2.69. The van der Waals surface area contributed by atoms with E-state index in [1.54, 1.807) is 29.5 Å². The molecule has 3 N–H and O–H groups in total. The minimum atomic E-state index is -1.01. The smallest absolute Gasteiger partial charge is 0.303 e. The van der Waals surface area contributed by atoms with Gasteiger partial charge in [0.15, 0.2) is 5.13 Å². The zero-order chi connectivity index (χ0) is 22.2. The van der Waals surface area contributed by atoms with Crippen molar-refractivity contribution in [1.29, 1.82) is 0 Å². The first kappa shape index (κ1) is 23.0. The van der Waals surface area contributed by atoms with Gasteiger partial charge in [-0.15, -0.1) is 34.4 Å². The van der Waals surface area contributed by atoms with E-state index in [1.807, 2.05) is 35.9 Å². The quantitative estimate of drug-likeness (QED) is 0.349. The highest BCUT2D eigenvalue weighted by atomic mass is 32.2. The summed E-state index contributed by atoms with van der Waals surface area (Å²) < 4.78 is 0. The molecule has 0 spiro atoms. The molecule has 0 radical (unpaired) electrons. The summed E-state index contributed by atoms with van der Waals surface area (Å²) in [6.07, 6.45) is 0.312. The van der Waals surface area contributed by atoms with Gasteiger partial charge in [0.2, 0.25) is 11.8 Å². The molecule has 1 unspecified atom stereocenters. The van der Waals surface area contributed by atoms with Gasteiger partial charge in [0.25, 0.3) is 0 Å². The number of benzene rings is 1. The lowest BCUT2D eigenvalue weighted by molar-refractivity contribution is -0.138. The van der Waals surface area contributed by atoms with E-state index in [1.165, 1.54) is 23.1 Å². The molecule has 10 heteroatoms. The molecule has 0 aliphatic carbocycles. The molecule has 2 heterocycles. The monoisotopic (exact) mass is 475 g/mol. The molecule has 162 valence electrons. The van der Waals surface area contributed by atoms with Gasteiger partial charge in [-0.05, 0) is 36.1 Å². The van der Waals surface area contributed by atoms with Crippen LogP contribution in [0.5, 0.6) is 0 Å². The van der Waals surface area contributed by atoms with Crippen LogP contribution in [0.3, 0.4) is 0 Å². The standard InChI is InChI=1S/C21H21N3O4S3/c1-2-16(20(28)24-21-23-15(12-30-21)17-7-4-10-29-17)31-14-6-3-5-13(11-14)22-18(25)8-9-19(26)27/h3-7,10-12,16H,2,8-9H2,1H3,(H,22,25)(H,26,27)(H,23,24,28). The third kappa shape index (κ3) is 6.91. The molecule has 0 saturated heterocycles. The fraction of sp³-hybridized carbons (Fsp3) is 0.238. The van der Waals surface area contributed by atoms with E-state index in [0.29, 0.717) is 17.2 Å². The van der Waals surface area contributed by atoms with E-state index in [4.69, 9.17) is 5.11 Å². The number of carboxylic acids is 1. The van der Waals surface area contributed by atoms with Crippen LogP contribution in [0, 0.1) is 0 Å². The summed E-state index contributed by atoms with van der Waals surface area (Å²) in [7, 11) is 0. The van der Waals surface area contributed by atoms with E-state index in [0.717, 1.165) is 15.5 Å². The van der Waals surface area contributed by atoms with Gasteiger partial charge in [-0.25, -0.2) is 4.98 Å². The molecule has 2 amide bonds. The molecule has 31 heavy (non-hydrogen) atoms. The molecule has 0 aliphatic heterocycles. The maximum absolute atomic E-state index is 12.8. The predicted molar refractivity (Wildman–Crippen MR) is 126 cm³/mol. The highest BCUT2D eigenvalue weighted by Crippen LogP contribution is 2.31. The number of nitrogens with one attached hydrogen (secondary N) is 2. The van der Waals surface area contributed by atoms with E-state index in [9.17, 15) is 14.4 Å². The van der Waals surface area contributed by atoms with Crippen molar-refractivity contribution < 1.29 is 19.5 Å². The fourth-order valence-corrected chi connectivity index (χ4v) is 5.12. The molecule has 0 aliphatic rings. The number of aliphatic carboxylic acids is 1. The SMILES string of the molecule is CCC(Sc1cccc(NC(=O)CCC(=O)O)c1)C(=O)Nc1nc(-c2cccs2)cs1. The van der Waals surface area contributed by atoms with Crippen LogP contribution in [0.2, 0.25) is 0 Å². The van der Waals surface area contributed by atoms with Gasteiger partial charge in [0.05, 0.1) is 22.2 Å². The van der Waals surface area contributed by atoms with E-state index in [-0.39, 0.29) is 29.9 Å². The van der Waals surface area contributed by atoms with E-state index in [2.05, 4.69) is 15.6 Å². The molecule has 0 bridgehead atoms. The van der Waals surface area contributed by atoms with Crippen LogP contribution < -0.4 is 10.6 Å². The minimum absolute atomic E-state index is 0.0893. The lowest BCUT2D eigenvalue weighted by Gasteiger charge is -2.14. The number of carbonyl (C=O) groups excluding carboxylic acids is 2. The fourth-order valence-electron chi connectivity index (χ4n) is 2.63. The number of thiazole rings is 1. The first-order valence-electron chi connectivity index (χ1n) is 9.53. The van der Waals surface area contributed by atoms with Gasteiger partial charge in [-0.1, -0.05) is 19.1 Å². The Morgan fingerprint density at radius 2 is 1.97 bits per heavy atom. The number of anilines is 2. The average molecular weight is 476 g/mol. The third-order valence-electron chi connectivity index (χ3n) is 4.13. The van der Waals surface area contributed by atoms with E-state index < -0.39 is 5.97 Å². The Balaban J connectivity index is 1.59. The molecule has 1 aromatic carbocycles.